The standard InChI is InChI=1S/C4H7FO2S/c1-3-4(2,5)8(6)7/h3H,1H2,2H3,(H,6,7)/p-1. The number of alkyl halides is 1. The smallest absolute Gasteiger partial charge is 0.187 e. The molecule has 0 heterocycles. The van der Waals surface area contributed by atoms with Crippen LogP contribution in [-0.2, 0) is 11.1 Å². The fraction of sp³-hybridized carbons (Fsp3) is 0.500. The summed E-state index contributed by atoms with van der Waals surface area (Å²) in [6.45, 7) is 3.91. The van der Waals surface area contributed by atoms with Crippen LogP contribution in [0, 0.1) is 0 Å². The van der Waals surface area contributed by atoms with Gasteiger partial charge in [0.05, 0.1) is 0 Å². The van der Waals surface area contributed by atoms with E-state index in [1.54, 1.807) is 0 Å². The largest absolute Gasteiger partial charge is 0.770 e. The first-order valence-electron chi connectivity index (χ1n) is 1.92. The van der Waals surface area contributed by atoms with Gasteiger partial charge in [-0.05, 0) is 24.1 Å². The van der Waals surface area contributed by atoms with E-state index in [2.05, 4.69) is 6.58 Å². The van der Waals surface area contributed by atoms with Gasteiger partial charge in [-0.25, -0.2) is 4.39 Å². The van der Waals surface area contributed by atoms with Crippen LogP contribution in [0.3, 0.4) is 0 Å². The Labute approximate surface area is 49.7 Å². The Morgan fingerprint density at radius 3 is 2.38 bits per heavy atom. The van der Waals surface area contributed by atoms with Crippen molar-refractivity contribution in [1.82, 2.24) is 0 Å². The van der Waals surface area contributed by atoms with Gasteiger partial charge in [0, 0.05) is 0 Å². The van der Waals surface area contributed by atoms with Crippen molar-refractivity contribution in [3.05, 3.63) is 12.7 Å². The Kier molecular flexibility index (Phi) is 2.30. The van der Waals surface area contributed by atoms with Crippen molar-refractivity contribution in [3.8, 4) is 0 Å². The van der Waals surface area contributed by atoms with E-state index in [4.69, 9.17) is 0 Å². The van der Waals surface area contributed by atoms with Gasteiger partial charge in [-0.1, -0.05) is 6.58 Å². The number of hydrogen-bond acceptors (Lipinski definition) is 2. The van der Waals surface area contributed by atoms with Gasteiger partial charge in [0.2, 0.25) is 0 Å². The van der Waals surface area contributed by atoms with E-state index in [9.17, 15) is 13.2 Å². The molecule has 0 aromatic heterocycles. The second-order valence-corrected chi connectivity index (χ2v) is 2.69. The minimum atomic E-state index is -2.71. The molecule has 4 heteroatoms. The third-order valence-electron chi connectivity index (χ3n) is 0.690. The van der Waals surface area contributed by atoms with Crippen molar-refractivity contribution < 1.29 is 13.2 Å². The lowest BCUT2D eigenvalue weighted by molar-refractivity contribution is 0.345. The fourth-order valence-corrected chi connectivity index (χ4v) is 0.204. The molecule has 0 aromatic carbocycles. The first kappa shape index (κ1) is 7.78. The molecular formula is C4H6FO2S-. The highest BCUT2D eigenvalue weighted by Crippen LogP contribution is 2.13. The van der Waals surface area contributed by atoms with Crippen LogP contribution in [-0.4, -0.2) is 13.8 Å². The molecule has 0 N–H and O–H groups in total. The summed E-state index contributed by atoms with van der Waals surface area (Å²) in [4.78, 5) is 0. The van der Waals surface area contributed by atoms with Crippen LogP contribution in [0.15, 0.2) is 12.7 Å². The van der Waals surface area contributed by atoms with E-state index in [0.717, 1.165) is 13.0 Å². The summed E-state index contributed by atoms with van der Waals surface area (Å²) < 4.78 is 31.8. The Balaban J connectivity index is 4.12. The molecule has 2 atom stereocenters. The average molecular weight is 137 g/mol. The molecule has 0 saturated carbocycles. The summed E-state index contributed by atoms with van der Waals surface area (Å²) in [5.41, 5.74) is 0. The normalized spacial score (nSPS) is 21.4. The summed E-state index contributed by atoms with van der Waals surface area (Å²) in [7, 11) is 0. The maximum absolute atomic E-state index is 12.2. The molecule has 8 heavy (non-hydrogen) atoms. The van der Waals surface area contributed by atoms with Crippen LogP contribution < -0.4 is 0 Å². The number of hydrogen-bond donors (Lipinski definition) is 0. The molecule has 0 aliphatic carbocycles. The predicted octanol–water partition coefficient (Wildman–Crippen LogP) is 0.737. The van der Waals surface area contributed by atoms with Gasteiger partial charge >= 0.3 is 0 Å². The van der Waals surface area contributed by atoms with Crippen LogP contribution in [0.5, 0.6) is 0 Å². The Morgan fingerprint density at radius 2 is 2.38 bits per heavy atom. The van der Waals surface area contributed by atoms with E-state index in [0.29, 0.717) is 0 Å². The van der Waals surface area contributed by atoms with Crippen molar-refractivity contribution in [1.29, 1.82) is 0 Å². The SMILES string of the molecule is C=CC(C)(F)S(=O)[O-]. The molecule has 0 saturated heterocycles. The summed E-state index contributed by atoms with van der Waals surface area (Å²) in [5.74, 6) is 0. The molecule has 48 valence electrons. The van der Waals surface area contributed by atoms with Gasteiger partial charge in [0.25, 0.3) is 0 Å². The Bertz CT molecular complexity index is 121. The lowest BCUT2D eigenvalue weighted by Crippen LogP contribution is -2.20. The lowest BCUT2D eigenvalue weighted by Gasteiger charge is -2.17. The van der Waals surface area contributed by atoms with Crippen molar-refractivity contribution in [3.63, 3.8) is 0 Å². The zero-order valence-corrected chi connectivity index (χ0v) is 5.20. The van der Waals surface area contributed by atoms with E-state index >= 15 is 0 Å². The highest BCUT2D eigenvalue weighted by molar-refractivity contribution is 7.80. The van der Waals surface area contributed by atoms with E-state index in [1.165, 1.54) is 0 Å². The van der Waals surface area contributed by atoms with Gasteiger partial charge in [0.1, 0.15) is 0 Å². The second-order valence-electron chi connectivity index (χ2n) is 1.42. The summed E-state index contributed by atoms with van der Waals surface area (Å²) >= 11 is -2.71. The van der Waals surface area contributed by atoms with Crippen LogP contribution in [0.2, 0.25) is 0 Å². The molecule has 2 nitrogen and oxygen atoms in total. The highest BCUT2D eigenvalue weighted by Gasteiger charge is 2.17. The van der Waals surface area contributed by atoms with Gasteiger partial charge < -0.3 is 4.55 Å². The number of rotatable bonds is 2. The highest BCUT2D eigenvalue weighted by atomic mass is 32.2. The molecule has 0 rings (SSSR count). The monoisotopic (exact) mass is 137 g/mol. The quantitative estimate of drug-likeness (QED) is 0.416. The summed E-state index contributed by atoms with van der Waals surface area (Å²) in [6, 6.07) is 0. The van der Waals surface area contributed by atoms with Gasteiger partial charge in [-0.2, -0.15) is 0 Å². The molecule has 2 unspecified atom stereocenters. The van der Waals surface area contributed by atoms with E-state index < -0.39 is 16.1 Å². The molecule has 0 aromatic rings. The summed E-state index contributed by atoms with van der Waals surface area (Å²) in [6.07, 6.45) is 0.732. The lowest BCUT2D eigenvalue weighted by atomic mass is 10.4. The van der Waals surface area contributed by atoms with Crippen LogP contribution >= 0.6 is 0 Å². The molecule has 0 bridgehead atoms. The van der Waals surface area contributed by atoms with Crippen molar-refractivity contribution >= 4 is 11.1 Å². The molecule has 0 radical (unpaired) electrons. The molecular weight excluding hydrogens is 131 g/mol. The molecule has 0 fully saturated rings. The minimum Gasteiger partial charge on any atom is -0.770 e. The third-order valence-corrected chi connectivity index (χ3v) is 1.51. The van der Waals surface area contributed by atoms with Crippen molar-refractivity contribution in [2.45, 2.75) is 11.9 Å². The fourth-order valence-electron chi connectivity index (χ4n) is 0.0680. The Morgan fingerprint density at radius 1 is 2.00 bits per heavy atom. The molecule has 0 spiro atoms. The first-order valence-corrected chi connectivity index (χ1v) is 3.00. The van der Waals surface area contributed by atoms with Gasteiger partial charge in [-0.15, -0.1) is 0 Å². The maximum atomic E-state index is 12.2. The molecule has 0 aliphatic rings. The maximum Gasteiger partial charge on any atom is 0.187 e. The van der Waals surface area contributed by atoms with Crippen LogP contribution in [0.4, 0.5) is 4.39 Å². The van der Waals surface area contributed by atoms with Crippen molar-refractivity contribution in [2.24, 2.45) is 0 Å². The third kappa shape index (κ3) is 1.71. The van der Waals surface area contributed by atoms with E-state index in [1.807, 2.05) is 0 Å². The molecule has 0 aliphatic heterocycles. The van der Waals surface area contributed by atoms with E-state index in [-0.39, 0.29) is 0 Å². The van der Waals surface area contributed by atoms with Crippen molar-refractivity contribution in [2.75, 3.05) is 0 Å². The molecule has 0 amide bonds. The van der Waals surface area contributed by atoms with Gasteiger partial charge in [-0.3, -0.25) is 4.21 Å². The second kappa shape index (κ2) is 2.37. The Hall–Kier alpha value is -0.220. The first-order chi connectivity index (χ1) is 3.50. The number of halogens is 1. The topological polar surface area (TPSA) is 40.1 Å². The minimum absolute atomic E-state index is 0.732. The summed E-state index contributed by atoms with van der Waals surface area (Å²) in [5, 5.41) is -2.28. The van der Waals surface area contributed by atoms with Gasteiger partial charge in [0.15, 0.2) is 5.00 Å². The van der Waals surface area contributed by atoms with Crippen LogP contribution in [0.25, 0.3) is 0 Å². The zero-order chi connectivity index (χ0) is 6.78. The average Bonchev–Trinajstić information content (AvgIpc) is 1.67. The van der Waals surface area contributed by atoms with Crippen LogP contribution in [0.1, 0.15) is 6.92 Å². The predicted molar refractivity (Wildman–Crippen MR) is 28.6 cm³/mol. The zero-order valence-electron chi connectivity index (χ0n) is 4.39.